The predicted molar refractivity (Wildman–Crippen MR) is 107 cm³/mol. The Balaban J connectivity index is 1.62. The van der Waals surface area contributed by atoms with E-state index >= 15 is 0 Å². The summed E-state index contributed by atoms with van der Waals surface area (Å²) < 4.78 is 38.3. The van der Waals surface area contributed by atoms with Gasteiger partial charge in [0, 0.05) is 29.8 Å². The molecule has 1 unspecified atom stereocenters. The maximum atomic E-state index is 13.7. The van der Waals surface area contributed by atoms with Crippen molar-refractivity contribution in [3.8, 4) is 17.1 Å². The highest BCUT2D eigenvalue weighted by molar-refractivity contribution is 5.90. The minimum absolute atomic E-state index is 0.122. The van der Waals surface area contributed by atoms with E-state index in [1.165, 1.54) is 13.0 Å². The van der Waals surface area contributed by atoms with Crippen LogP contribution in [0.3, 0.4) is 0 Å². The van der Waals surface area contributed by atoms with Crippen molar-refractivity contribution in [3.05, 3.63) is 64.9 Å². The predicted octanol–water partition coefficient (Wildman–Crippen LogP) is 4.92. The molecule has 1 aromatic heterocycles. The first-order chi connectivity index (χ1) is 14.4. The molecule has 1 N–H and O–H groups in total. The standard InChI is InChI=1S/C22H21F2N3O3/c1-12-8-14(10-17(23)20(12)24)25-22(28)27-11-16-18(9-13(27)2)26-30-21(16)15-6-4-5-7-19(15)29-3/h4-8,10,13H,9,11H2,1-3H3,(H,25,28). The molecule has 2 aromatic carbocycles. The molecule has 0 saturated carbocycles. The minimum Gasteiger partial charge on any atom is -0.496 e. The summed E-state index contributed by atoms with van der Waals surface area (Å²) in [6, 6.07) is 9.23. The van der Waals surface area contributed by atoms with Crippen LogP contribution in [0.5, 0.6) is 5.75 Å². The second-order valence-electron chi connectivity index (χ2n) is 7.34. The van der Waals surface area contributed by atoms with Crippen molar-refractivity contribution in [3.63, 3.8) is 0 Å². The molecule has 0 radical (unpaired) electrons. The summed E-state index contributed by atoms with van der Waals surface area (Å²) in [5.74, 6) is -0.731. The van der Waals surface area contributed by atoms with E-state index in [4.69, 9.17) is 9.26 Å². The highest BCUT2D eigenvalue weighted by Gasteiger charge is 2.33. The first-order valence-corrected chi connectivity index (χ1v) is 9.53. The van der Waals surface area contributed by atoms with Crippen molar-refractivity contribution in [1.29, 1.82) is 0 Å². The number of aryl methyl sites for hydroxylation is 1. The molecule has 0 bridgehead atoms. The van der Waals surface area contributed by atoms with E-state index in [0.29, 0.717) is 17.9 Å². The number of rotatable bonds is 3. The number of urea groups is 1. The number of ether oxygens (including phenoxy) is 1. The number of para-hydroxylation sites is 1. The van der Waals surface area contributed by atoms with E-state index in [1.807, 2.05) is 31.2 Å². The fourth-order valence-electron chi connectivity index (χ4n) is 3.69. The maximum absolute atomic E-state index is 13.7. The zero-order chi connectivity index (χ0) is 21.4. The van der Waals surface area contributed by atoms with Gasteiger partial charge in [-0.15, -0.1) is 0 Å². The van der Waals surface area contributed by atoms with Crippen molar-refractivity contribution in [2.75, 3.05) is 12.4 Å². The molecule has 6 nitrogen and oxygen atoms in total. The first-order valence-electron chi connectivity index (χ1n) is 9.53. The Kier molecular flexibility index (Phi) is 5.15. The molecule has 2 heterocycles. The van der Waals surface area contributed by atoms with Crippen molar-refractivity contribution >= 4 is 11.7 Å². The Labute approximate surface area is 172 Å². The number of benzene rings is 2. The second kappa shape index (κ2) is 7.78. The first kappa shape index (κ1) is 19.9. The van der Waals surface area contributed by atoms with E-state index in [-0.39, 0.29) is 23.8 Å². The van der Waals surface area contributed by atoms with Gasteiger partial charge in [0.05, 0.1) is 24.9 Å². The molecule has 1 aliphatic rings. The van der Waals surface area contributed by atoms with E-state index in [0.717, 1.165) is 22.9 Å². The van der Waals surface area contributed by atoms with Crippen LogP contribution in [0.15, 0.2) is 40.9 Å². The van der Waals surface area contributed by atoms with E-state index < -0.39 is 17.7 Å². The molecular formula is C22H21F2N3O3. The lowest BCUT2D eigenvalue weighted by molar-refractivity contribution is 0.182. The van der Waals surface area contributed by atoms with Crippen LogP contribution in [-0.4, -0.2) is 29.2 Å². The lowest BCUT2D eigenvalue weighted by Crippen LogP contribution is -2.44. The highest BCUT2D eigenvalue weighted by atomic mass is 19.2. The fourth-order valence-corrected chi connectivity index (χ4v) is 3.69. The van der Waals surface area contributed by atoms with Crippen molar-refractivity contribution < 1.29 is 22.8 Å². The Morgan fingerprint density at radius 1 is 1.30 bits per heavy atom. The highest BCUT2D eigenvalue weighted by Crippen LogP contribution is 2.37. The number of carbonyl (C=O) groups is 1. The number of halogens is 2. The molecule has 156 valence electrons. The Morgan fingerprint density at radius 2 is 2.07 bits per heavy atom. The van der Waals surface area contributed by atoms with Gasteiger partial charge in [-0.05, 0) is 37.6 Å². The summed E-state index contributed by atoms with van der Waals surface area (Å²) in [4.78, 5) is 14.5. The number of nitrogens with one attached hydrogen (secondary N) is 1. The van der Waals surface area contributed by atoms with Gasteiger partial charge in [0.25, 0.3) is 0 Å². The molecule has 2 amide bonds. The number of carbonyl (C=O) groups excluding carboxylic acids is 1. The van der Waals surface area contributed by atoms with Crippen LogP contribution in [0.4, 0.5) is 19.3 Å². The van der Waals surface area contributed by atoms with Gasteiger partial charge in [-0.1, -0.05) is 17.3 Å². The molecule has 8 heteroatoms. The second-order valence-corrected chi connectivity index (χ2v) is 7.34. The smallest absolute Gasteiger partial charge is 0.322 e. The van der Waals surface area contributed by atoms with Crippen molar-refractivity contribution in [2.24, 2.45) is 0 Å². The van der Waals surface area contributed by atoms with Gasteiger partial charge in [0.15, 0.2) is 17.4 Å². The molecule has 0 spiro atoms. The maximum Gasteiger partial charge on any atom is 0.322 e. The number of hydrogen-bond donors (Lipinski definition) is 1. The average molecular weight is 413 g/mol. The van der Waals surface area contributed by atoms with Gasteiger partial charge in [-0.25, -0.2) is 13.6 Å². The number of nitrogens with zero attached hydrogens (tertiary/aromatic N) is 2. The molecule has 1 aliphatic heterocycles. The lowest BCUT2D eigenvalue weighted by Gasteiger charge is -2.32. The number of methoxy groups -OCH3 is 1. The largest absolute Gasteiger partial charge is 0.496 e. The number of hydrogen-bond acceptors (Lipinski definition) is 4. The van der Waals surface area contributed by atoms with Crippen LogP contribution in [-0.2, 0) is 13.0 Å². The SMILES string of the molecule is COc1ccccc1-c1onc2c1CN(C(=O)Nc1cc(C)c(F)c(F)c1)C(C)C2. The molecule has 0 saturated heterocycles. The van der Waals surface area contributed by atoms with Gasteiger partial charge in [-0.2, -0.15) is 0 Å². The summed E-state index contributed by atoms with van der Waals surface area (Å²) in [5, 5.41) is 6.85. The van der Waals surface area contributed by atoms with Crippen LogP contribution < -0.4 is 10.1 Å². The number of fused-ring (bicyclic) bond motifs is 1. The summed E-state index contributed by atoms with van der Waals surface area (Å²) in [6.07, 6.45) is 0.512. The van der Waals surface area contributed by atoms with E-state index in [1.54, 1.807) is 12.0 Å². The minimum atomic E-state index is -1.00. The van der Waals surface area contributed by atoms with Crippen molar-refractivity contribution in [2.45, 2.75) is 32.9 Å². The average Bonchev–Trinajstić information content (AvgIpc) is 3.13. The number of amides is 2. The third-order valence-corrected chi connectivity index (χ3v) is 5.29. The topological polar surface area (TPSA) is 67.6 Å². The van der Waals surface area contributed by atoms with E-state index in [9.17, 15) is 13.6 Å². The van der Waals surface area contributed by atoms with Gasteiger partial charge >= 0.3 is 6.03 Å². The third-order valence-electron chi connectivity index (χ3n) is 5.29. The van der Waals surface area contributed by atoms with Gasteiger partial charge in [-0.3, -0.25) is 0 Å². The zero-order valence-corrected chi connectivity index (χ0v) is 16.8. The quantitative estimate of drug-likeness (QED) is 0.662. The van der Waals surface area contributed by atoms with Crippen LogP contribution in [0, 0.1) is 18.6 Å². The normalized spacial score (nSPS) is 15.6. The lowest BCUT2D eigenvalue weighted by atomic mass is 9.97. The summed E-state index contributed by atoms with van der Waals surface area (Å²) in [6.45, 7) is 3.61. The summed E-state index contributed by atoms with van der Waals surface area (Å²) in [5.41, 5.74) is 2.66. The third kappa shape index (κ3) is 3.49. The number of anilines is 1. The van der Waals surface area contributed by atoms with Gasteiger partial charge in [0.2, 0.25) is 0 Å². The summed E-state index contributed by atoms with van der Waals surface area (Å²) >= 11 is 0. The molecule has 0 aliphatic carbocycles. The zero-order valence-electron chi connectivity index (χ0n) is 16.8. The van der Waals surface area contributed by atoms with Crippen LogP contribution in [0.25, 0.3) is 11.3 Å². The molecule has 4 rings (SSSR count). The van der Waals surface area contributed by atoms with Crippen LogP contribution in [0.2, 0.25) is 0 Å². The molecule has 0 fully saturated rings. The van der Waals surface area contributed by atoms with Crippen molar-refractivity contribution in [1.82, 2.24) is 10.1 Å². The van der Waals surface area contributed by atoms with Gasteiger partial charge in [0.1, 0.15) is 5.75 Å². The number of aromatic nitrogens is 1. The van der Waals surface area contributed by atoms with Gasteiger partial charge < -0.3 is 19.5 Å². The Hall–Kier alpha value is -3.42. The van der Waals surface area contributed by atoms with Crippen LogP contribution >= 0.6 is 0 Å². The molecular weight excluding hydrogens is 392 g/mol. The Bertz CT molecular complexity index is 1090. The summed E-state index contributed by atoms with van der Waals surface area (Å²) in [7, 11) is 1.58. The Morgan fingerprint density at radius 3 is 2.80 bits per heavy atom. The molecule has 3 aromatic rings. The van der Waals surface area contributed by atoms with Crippen LogP contribution in [0.1, 0.15) is 23.7 Å². The van der Waals surface area contributed by atoms with E-state index in [2.05, 4.69) is 10.5 Å². The molecule has 30 heavy (non-hydrogen) atoms. The molecule has 1 atom stereocenters. The fraction of sp³-hybridized carbons (Fsp3) is 0.273. The monoisotopic (exact) mass is 413 g/mol.